The van der Waals surface area contributed by atoms with E-state index in [4.69, 9.17) is 9.84 Å². The second kappa shape index (κ2) is 9.98. The number of morpholine rings is 1. The summed E-state index contributed by atoms with van der Waals surface area (Å²) in [4.78, 5) is 33.9. The minimum Gasteiger partial charge on any atom is -0.480 e. The lowest BCUT2D eigenvalue weighted by Gasteiger charge is -2.39. The van der Waals surface area contributed by atoms with Crippen LogP contribution in [0.5, 0.6) is 0 Å². The summed E-state index contributed by atoms with van der Waals surface area (Å²) in [5.41, 5.74) is 0.903. The van der Waals surface area contributed by atoms with Crippen LogP contribution in [0.25, 0.3) is 0 Å². The maximum atomic E-state index is 13.0. The number of rotatable bonds is 9. The number of hydrogen-bond donors (Lipinski definition) is 1. The van der Waals surface area contributed by atoms with E-state index in [2.05, 4.69) is 0 Å². The van der Waals surface area contributed by atoms with Crippen molar-refractivity contribution in [1.82, 2.24) is 10.0 Å². The van der Waals surface area contributed by atoms with Crippen molar-refractivity contribution in [3.63, 3.8) is 0 Å². The molecular formula is C18H23FN2O5. The van der Waals surface area contributed by atoms with Crippen molar-refractivity contribution in [2.24, 2.45) is 0 Å². The van der Waals surface area contributed by atoms with Gasteiger partial charge in [-0.2, -0.15) is 0 Å². The molecule has 1 aliphatic heterocycles. The molecule has 1 saturated heterocycles. The number of aliphatic carboxylic acids is 1. The number of carbonyl (C=O) groups excluding carboxylic acids is 2. The Labute approximate surface area is 151 Å². The maximum Gasteiger partial charge on any atom is 0.324 e. The molecule has 26 heavy (non-hydrogen) atoms. The van der Waals surface area contributed by atoms with E-state index in [9.17, 15) is 18.8 Å². The van der Waals surface area contributed by atoms with Gasteiger partial charge in [0.15, 0.2) is 0 Å². The number of hydrogen-bond acceptors (Lipinski definition) is 5. The van der Waals surface area contributed by atoms with Gasteiger partial charge in [-0.15, -0.1) is 0 Å². The van der Waals surface area contributed by atoms with Crippen molar-refractivity contribution in [3.05, 3.63) is 35.6 Å². The molecule has 8 heteroatoms. The number of carbonyl (C=O) groups is 3. The first-order chi connectivity index (χ1) is 12.5. The Morgan fingerprint density at radius 3 is 2.73 bits per heavy atom. The number of ether oxygens (including phenoxy) is 1. The molecule has 1 heterocycles. The molecule has 0 aliphatic carbocycles. The molecule has 0 bridgehead atoms. The molecule has 1 unspecified atom stereocenters. The summed E-state index contributed by atoms with van der Waals surface area (Å²) in [6, 6.07) is 6.11. The molecule has 1 atom stereocenters. The average Bonchev–Trinajstić information content (AvgIpc) is 2.62. The molecule has 1 aromatic carbocycles. The molecule has 1 amide bonds. The SMILES string of the molecule is O=CCCCC(=O)N(CC(=O)O)N1CCOC(Cc2ccc(F)cc2)C1. The van der Waals surface area contributed by atoms with Crippen LogP contribution in [-0.2, 0) is 25.5 Å². The van der Waals surface area contributed by atoms with Gasteiger partial charge in [0.05, 0.1) is 12.7 Å². The van der Waals surface area contributed by atoms with E-state index in [1.807, 2.05) is 0 Å². The lowest BCUT2D eigenvalue weighted by Crippen LogP contribution is -2.55. The van der Waals surface area contributed by atoms with Crippen LogP contribution in [-0.4, -0.2) is 65.6 Å². The van der Waals surface area contributed by atoms with Crippen molar-refractivity contribution < 1.29 is 28.6 Å². The number of carboxylic acids is 1. The minimum absolute atomic E-state index is 0.117. The van der Waals surface area contributed by atoms with Crippen LogP contribution < -0.4 is 0 Å². The van der Waals surface area contributed by atoms with Gasteiger partial charge in [0, 0.05) is 25.9 Å². The van der Waals surface area contributed by atoms with E-state index in [1.165, 1.54) is 17.1 Å². The van der Waals surface area contributed by atoms with Gasteiger partial charge in [-0.1, -0.05) is 12.1 Å². The van der Waals surface area contributed by atoms with Gasteiger partial charge in [-0.05, 0) is 30.5 Å². The van der Waals surface area contributed by atoms with Gasteiger partial charge < -0.3 is 14.6 Å². The second-order valence-corrected chi connectivity index (χ2v) is 6.14. The zero-order valence-corrected chi connectivity index (χ0v) is 14.5. The van der Waals surface area contributed by atoms with E-state index in [1.54, 1.807) is 17.1 Å². The highest BCUT2D eigenvalue weighted by Crippen LogP contribution is 2.15. The largest absolute Gasteiger partial charge is 0.480 e. The van der Waals surface area contributed by atoms with Crippen molar-refractivity contribution >= 4 is 18.2 Å². The number of aldehydes is 1. The van der Waals surface area contributed by atoms with Crippen LogP contribution in [0.2, 0.25) is 0 Å². The number of halogens is 1. The molecule has 1 aliphatic rings. The van der Waals surface area contributed by atoms with Crippen molar-refractivity contribution in [1.29, 1.82) is 0 Å². The fraction of sp³-hybridized carbons (Fsp3) is 0.500. The molecule has 0 saturated carbocycles. The Kier molecular flexibility index (Phi) is 7.68. The molecular weight excluding hydrogens is 343 g/mol. The monoisotopic (exact) mass is 366 g/mol. The van der Waals surface area contributed by atoms with Crippen molar-refractivity contribution in [3.8, 4) is 0 Å². The Hall–Kier alpha value is -2.32. The van der Waals surface area contributed by atoms with Crippen LogP contribution in [0, 0.1) is 5.82 Å². The first kappa shape index (κ1) is 20.0. The van der Waals surface area contributed by atoms with Crippen LogP contribution in [0.3, 0.4) is 0 Å². The van der Waals surface area contributed by atoms with E-state index in [-0.39, 0.29) is 30.7 Å². The zero-order chi connectivity index (χ0) is 18.9. The van der Waals surface area contributed by atoms with Gasteiger partial charge in [-0.3, -0.25) is 14.6 Å². The number of nitrogens with zero attached hydrogens (tertiary/aromatic N) is 2. The van der Waals surface area contributed by atoms with E-state index >= 15 is 0 Å². The van der Waals surface area contributed by atoms with Crippen LogP contribution in [0.4, 0.5) is 4.39 Å². The summed E-state index contributed by atoms with van der Waals surface area (Å²) in [5.74, 6) is -1.74. The highest BCUT2D eigenvalue weighted by Gasteiger charge is 2.29. The fourth-order valence-corrected chi connectivity index (χ4v) is 2.87. The normalized spacial score (nSPS) is 17.7. The highest BCUT2D eigenvalue weighted by molar-refractivity contribution is 5.81. The Morgan fingerprint density at radius 2 is 2.08 bits per heavy atom. The molecule has 0 aromatic heterocycles. The number of carboxylic acid groups (broad SMARTS) is 1. The average molecular weight is 366 g/mol. The molecule has 7 nitrogen and oxygen atoms in total. The van der Waals surface area contributed by atoms with Gasteiger partial charge >= 0.3 is 5.97 Å². The third-order valence-electron chi connectivity index (χ3n) is 4.12. The Balaban J connectivity index is 1.99. The van der Waals surface area contributed by atoms with Gasteiger partial charge in [-0.25, -0.2) is 9.40 Å². The summed E-state index contributed by atoms with van der Waals surface area (Å²) >= 11 is 0. The van der Waals surface area contributed by atoms with Crippen molar-refractivity contribution in [2.45, 2.75) is 31.8 Å². The summed E-state index contributed by atoms with van der Waals surface area (Å²) in [6.07, 6.45) is 1.82. The summed E-state index contributed by atoms with van der Waals surface area (Å²) < 4.78 is 18.7. The zero-order valence-electron chi connectivity index (χ0n) is 14.5. The molecule has 0 spiro atoms. The summed E-state index contributed by atoms with van der Waals surface area (Å²) in [6.45, 7) is 0.712. The lowest BCUT2D eigenvalue weighted by atomic mass is 10.1. The van der Waals surface area contributed by atoms with E-state index in [0.717, 1.165) is 11.8 Å². The number of unbranched alkanes of at least 4 members (excludes halogenated alkanes) is 1. The Morgan fingerprint density at radius 1 is 1.35 bits per heavy atom. The third kappa shape index (κ3) is 6.20. The minimum atomic E-state index is -1.10. The van der Waals surface area contributed by atoms with Crippen LogP contribution in [0.15, 0.2) is 24.3 Å². The van der Waals surface area contributed by atoms with Crippen molar-refractivity contribution in [2.75, 3.05) is 26.2 Å². The molecule has 1 fully saturated rings. The molecule has 2 rings (SSSR count). The fourth-order valence-electron chi connectivity index (χ4n) is 2.87. The topological polar surface area (TPSA) is 87.2 Å². The summed E-state index contributed by atoms with van der Waals surface area (Å²) in [7, 11) is 0. The Bertz CT molecular complexity index is 623. The van der Waals surface area contributed by atoms with Crippen LogP contribution >= 0.6 is 0 Å². The molecule has 1 N–H and O–H groups in total. The second-order valence-electron chi connectivity index (χ2n) is 6.14. The predicted molar refractivity (Wildman–Crippen MR) is 90.7 cm³/mol. The number of amides is 1. The first-order valence-corrected chi connectivity index (χ1v) is 8.56. The van der Waals surface area contributed by atoms with Gasteiger partial charge in [0.25, 0.3) is 0 Å². The number of hydrazine groups is 1. The van der Waals surface area contributed by atoms with Crippen LogP contribution in [0.1, 0.15) is 24.8 Å². The third-order valence-corrected chi connectivity index (χ3v) is 4.12. The molecule has 1 aromatic rings. The lowest BCUT2D eigenvalue weighted by molar-refractivity contribution is -0.171. The molecule has 142 valence electrons. The van der Waals surface area contributed by atoms with Gasteiger partial charge in [0.2, 0.25) is 5.91 Å². The quantitative estimate of drug-likeness (QED) is 0.523. The smallest absolute Gasteiger partial charge is 0.324 e. The predicted octanol–water partition coefficient (Wildman–Crippen LogP) is 1.27. The van der Waals surface area contributed by atoms with E-state index < -0.39 is 12.5 Å². The van der Waals surface area contributed by atoms with Gasteiger partial charge in [0.1, 0.15) is 18.6 Å². The van der Waals surface area contributed by atoms with E-state index in [0.29, 0.717) is 32.5 Å². The number of benzene rings is 1. The molecule has 0 radical (unpaired) electrons. The highest BCUT2D eigenvalue weighted by atomic mass is 19.1. The summed E-state index contributed by atoms with van der Waals surface area (Å²) in [5, 5.41) is 12.0. The standard InChI is InChI=1S/C18H23FN2O5/c19-15-6-4-14(5-7-15)11-16-12-20(8-10-26-16)21(13-18(24)25)17(23)3-1-2-9-22/h4-7,9,16H,1-3,8,10-13H2,(H,24,25). The maximum absolute atomic E-state index is 13.0. The first-order valence-electron chi connectivity index (χ1n) is 8.56.